The van der Waals surface area contributed by atoms with Crippen LogP contribution in [-0.2, 0) is 0 Å². The average Bonchev–Trinajstić information content (AvgIpc) is 1.42. The third-order valence-corrected chi connectivity index (χ3v) is 26.1. The molecule has 5 aliphatic rings. The van der Waals surface area contributed by atoms with E-state index in [2.05, 4.69) is 319 Å². The maximum atomic E-state index is 6.24. The van der Waals surface area contributed by atoms with Gasteiger partial charge in [0.1, 0.15) is 30.8 Å². The SMILES string of the molecule is Cc1ccc2c(oc3ncccc32)c1N1c2cccnc2N(C(C)C)[C@@H]1C.Cc1ccc2c(oc3ncccc32)c1N1c2cccnc2N(C)[C@@H]1C.Cc1ccc2c(oc3ncccc32)c1N1c2ncccc2N(C(C)C)[C@@H]1C.Cc1ccc2c(oc3ncccc32)c1N1c2ncccc2N(C)[C@@H]1C.Cc1ccc2c(oc3ncccc32)c1N1c2nccnc2N(C)[C@@H]1C. The molecular weight excluding hydrogens is 1610 g/mol. The summed E-state index contributed by atoms with van der Waals surface area (Å²) < 4.78 is 31.0. The summed E-state index contributed by atoms with van der Waals surface area (Å²) in [6.07, 6.45) is 20.3. The van der Waals surface area contributed by atoms with Crippen LogP contribution in [0.4, 0.5) is 86.1 Å². The van der Waals surface area contributed by atoms with E-state index in [-0.39, 0.29) is 30.8 Å². The van der Waals surface area contributed by atoms with Gasteiger partial charge >= 0.3 is 0 Å². The molecule has 20 heterocycles. The third-order valence-electron chi connectivity index (χ3n) is 26.1. The van der Waals surface area contributed by atoms with Gasteiger partial charge in [0.05, 0.1) is 51.2 Å². The molecule has 0 radical (unpaired) electrons. The number of hydrogen-bond donors (Lipinski definition) is 0. The molecule has 5 aliphatic heterocycles. The molecule has 0 bridgehead atoms. The van der Waals surface area contributed by atoms with Crippen molar-refractivity contribution in [2.24, 2.45) is 0 Å². The molecule has 644 valence electrons. The number of anilines is 15. The standard InChI is InChI=1S/2C22H22N4O.2C20H18N4O.C19H17N5O/c1-13(2)25-15(4)26(18-8-6-11-23-21(18)25)19-14(3)9-10-16-17-7-5-12-24-22(17)27-20(16)19;1-13(2)25-15(4)26(21-18(25)8-6-11-23-21)19-14(3)9-10-16-17-7-5-12-24-22(17)27-20(16)19;1-12-8-9-14-15-6-4-11-22-20(15)25-18(14)17(12)24-13(2)23(3)19-16(24)7-5-10-21-19;1-12-8-9-14-15-6-4-11-22-20(15)25-18(14)17(12)24-13(2)23(3)16-7-5-10-21-19(16)24;1-11-6-7-13-14-5-4-8-22-19(14)25-16(13)15(11)24-12(2)23(3)17-18(24)21-10-9-20-17/h2*5-13,15H,1-4H3;2*4-11,13H,1-3H3;4-10,12H,1-3H3/t2*15-;2*13-;12-/m00000/s1. The molecule has 0 aliphatic carbocycles. The molecule has 25 rings (SSSR count). The first-order valence-electron chi connectivity index (χ1n) is 43.8. The second-order valence-corrected chi connectivity index (χ2v) is 34.3. The van der Waals surface area contributed by atoms with E-state index in [1.54, 1.807) is 43.4 Å². The molecule has 5 aromatic carbocycles. The summed E-state index contributed by atoms with van der Waals surface area (Å²) in [6, 6.07) is 58.5. The smallest absolute Gasteiger partial charge is 0.227 e. The van der Waals surface area contributed by atoms with Crippen LogP contribution in [0.2, 0.25) is 0 Å². The highest BCUT2D eigenvalue weighted by atomic mass is 16.4. The Kier molecular flexibility index (Phi) is 19.7. The fraction of sp³-hybridized carbons (Fsp3) is 0.233. The second-order valence-electron chi connectivity index (χ2n) is 34.3. The van der Waals surface area contributed by atoms with E-state index in [1.807, 2.05) is 92.5 Å². The van der Waals surface area contributed by atoms with E-state index in [1.165, 1.54) is 11.1 Å². The number of fused-ring (bicyclic) bond motifs is 20. The van der Waals surface area contributed by atoms with Crippen LogP contribution in [0.5, 0.6) is 0 Å². The van der Waals surface area contributed by atoms with Crippen LogP contribution in [0.3, 0.4) is 0 Å². The Morgan fingerprint density at radius 1 is 0.225 bits per heavy atom. The maximum absolute atomic E-state index is 6.24. The van der Waals surface area contributed by atoms with Gasteiger partial charge < -0.3 is 66.2 Å². The number of pyridine rings is 9. The van der Waals surface area contributed by atoms with E-state index in [0.29, 0.717) is 40.7 Å². The van der Waals surface area contributed by atoms with E-state index >= 15 is 0 Å². The minimum Gasteiger partial charge on any atom is -0.435 e. The normalized spacial score (nSPS) is 16.8. The molecule has 5 atom stereocenters. The number of benzene rings is 5. The monoisotopic (exact) mass is 1710 g/mol. The van der Waals surface area contributed by atoms with Gasteiger partial charge in [0, 0.05) is 155 Å². The first-order chi connectivity index (χ1) is 62.6. The Balaban J connectivity index is 0.0000000978. The quantitative estimate of drug-likeness (QED) is 0.144. The van der Waals surface area contributed by atoms with Crippen molar-refractivity contribution in [1.29, 1.82) is 0 Å². The summed E-state index contributed by atoms with van der Waals surface area (Å²) in [5.74, 6) is 5.66. The van der Waals surface area contributed by atoms with Gasteiger partial charge in [-0.3, -0.25) is 4.90 Å². The number of rotatable bonds is 7. The molecule has 0 N–H and O–H groups in total. The minimum absolute atomic E-state index is 0.0860. The Hall–Kier alpha value is -15.5. The lowest BCUT2D eigenvalue weighted by Crippen LogP contribution is -2.42. The predicted molar refractivity (Wildman–Crippen MR) is 519 cm³/mol. The molecule has 0 saturated heterocycles. The summed E-state index contributed by atoms with van der Waals surface area (Å²) in [5.41, 5.74) is 23.3. The van der Waals surface area contributed by atoms with Gasteiger partial charge in [-0.25, -0.2) is 54.8 Å². The van der Waals surface area contributed by atoms with E-state index < -0.39 is 0 Å². The van der Waals surface area contributed by atoms with Gasteiger partial charge in [-0.1, -0.05) is 60.7 Å². The van der Waals surface area contributed by atoms with Crippen molar-refractivity contribution in [3.05, 3.63) is 266 Å². The highest BCUT2D eigenvalue weighted by Gasteiger charge is 2.43. The van der Waals surface area contributed by atoms with Crippen molar-refractivity contribution < 1.29 is 22.1 Å². The summed E-state index contributed by atoms with van der Waals surface area (Å²) in [5, 5.41) is 10.6. The van der Waals surface area contributed by atoms with Crippen LogP contribution in [0.1, 0.15) is 90.1 Å². The molecule has 0 spiro atoms. The Morgan fingerprint density at radius 3 is 0.868 bits per heavy atom. The minimum atomic E-state index is 0.0860. The summed E-state index contributed by atoms with van der Waals surface area (Å²) >= 11 is 0. The van der Waals surface area contributed by atoms with Crippen LogP contribution in [0.15, 0.2) is 260 Å². The maximum Gasteiger partial charge on any atom is 0.227 e. The molecule has 0 unspecified atom stereocenters. The van der Waals surface area contributed by atoms with Crippen molar-refractivity contribution in [2.45, 2.75) is 140 Å². The zero-order valence-corrected chi connectivity index (χ0v) is 75.0. The van der Waals surface area contributed by atoms with Gasteiger partial charge in [-0.05, 0) is 234 Å². The van der Waals surface area contributed by atoms with E-state index in [9.17, 15) is 0 Å². The molecule has 26 nitrogen and oxygen atoms in total. The second kappa shape index (κ2) is 31.6. The van der Waals surface area contributed by atoms with Crippen molar-refractivity contribution in [2.75, 3.05) is 70.1 Å². The molecular formula is C103H97N21O5. The van der Waals surface area contributed by atoms with Crippen molar-refractivity contribution in [3.63, 3.8) is 0 Å². The lowest BCUT2D eigenvalue weighted by molar-refractivity contribution is 0.597. The summed E-state index contributed by atoms with van der Waals surface area (Å²) in [7, 11) is 6.21. The zero-order valence-electron chi connectivity index (χ0n) is 75.0. The van der Waals surface area contributed by atoms with Crippen LogP contribution in [0.25, 0.3) is 110 Å². The van der Waals surface area contributed by atoms with Crippen LogP contribution < -0.4 is 49.0 Å². The average molecular weight is 1710 g/mol. The highest BCUT2D eigenvalue weighted by Crippen LogP contribution is 2.54. The largest absolute Gasteiger partial charge is 0.435 e. The number of nitrogens with zero attached hydrogens (tertiary/aromatic N) is 21. The topological polar surface area (TPSA) is 240 Å². The Labute approximate surface area is 745 Å². The number of hydrogen-bond acceptors (Lipinski definition) is 26. The fourth-order valence-electron chi connectivity index (χ4n) is 19.8. The summed E-state index contributed by atoms with van der Waals surface area (Å²) in [6.45, 7) is 30.4. The van der Waals surface area contributed by atoms with Crippen molar-refractivity contribution in [3.8, 4) is 0 Å². The van der Waals surface area contributed by atoms with Gasteiger partial charge in [0.25, 0.3) is 0 Å². The van der Waals surface area contributed by atoms with Crippen LogP contribution in [-0.4, -0.2) is 119 Å². The van der Waals surface area contributed by atoms with Crippen LogP contribution in [0, 0.1) is 34.6 Å². The third kappa shape index (κ3) is 12.8. The molecule has 0 fully saturated rings. The zero-order chi connectivity index (χ0) is 88.8. The van der Waals surface area contributed by atoms with Gasteiger partial charge in [-0.2, -0.15) is 0 Å². The fourth-order valence-corrected chi connectivity index (χ4v) is 19.8. The molecule has 26 heteroatoms. The van der Waals surface area contributed by atoms with Crippen molar-refractivity contribution >= 4 is 196 Å². The van der Waals surface area contributed by atoms with Gasteiger partial charge in [0.2, 0.25) is 28.6 Å². The first-order valence-corrected chi connectivity index (χ1v) is 43.8. The van der Waals surface area contributed by atoms with Gasteiger partial charge in [-0.15, -0.1) is 0 Å². The lowest BCUT2D eigenvalue weighted by Gasteiger charge is -2.33. The molecule has 20 aromatic rings. The van der Waals surface area contributed by atoms with Crippen molar-refractivity contribution in [1.82, 2.24) is 54.8 Å². The molecule has 129 heavy (non-hydrogen) atoms. The number of aryl methyl sites for hydroxylation is 5. The lowest BCUT2D eigenvalue weighted by atomic mass is 10.1. The Morgan fingerprint density at radius 2 is 0.481 bits per heavy atom. The molecule has 0 saturated carbocycles. The Bertz CT molecular complexity index is 7180. The highest BCUT2D eigenvalue weighted by molar-refractivity contribution is 6.15. The first kappa shape index (κ1) is 80.6. The molecule has 0 amide bonds. The summed E-state index contributed by atoms with van der Waals surface area (Å²) in [4.78, 5) is 72.4. The van der Waals surface area contributed by atoms with Crippen LogP contribution >= 0.6 is 0 Å². The molecule has 15 aromatic heterocycles. The van der Waals surface area contributed by atoms with Gasteiger partial charge in [0.15, 0.2) is 62.8 Å². The number of aromatic nitrogens is 11. The predicted octanol–water partition coefficient (Wildman–Crippen LogP) is 24.0. The van der Waals surface area contributed by atoms with E-state index in [0.717, 1.165) is 185 Å². The number of furan rings is 5. The van der Waals surface area contributed by atoms with E-state index in [4.69, 9.17) is 27.1 Å².